The number of carboxylic acid groups (broad SMARTS) is 2. The van der Waals surface area contributed by atoms with E-state index < -0.39 is 30.7 Å². The van der Waals surface area contributed by atoms with Gasteiger partial charge in [0.05, 0.1) is 8.95 Å². The van der Waals surface area contributed by atoms with Gasteiger partial charge in [-0.15, -0.1) is 0 Å². The normalized spacial score (nSPS) is 10.8. The maximum Gasteiger partial charge on any atom is 0.312 e. The highest BCUT2D eigenvalue weighted by atomic mass is 79.9. The molecule has 0 atom stereocenters. The van der Waals surface area contributed by atoms with Crippen molar-refractivity contribution in [3.05, 3.63) is 115 Å². The minimum absolute atomic E-state index is 0.170. The molecule has 0 saturated carbocycles. The number of hydrogen-bond acceptors (Lipinski definition) is 6. The standard InChI is InChI=1S/C37H35Br2NO8/c1-22-26(20-47-33-13-10-24(15-31(33)38)9-12-28(41)17-36(43)44)5-3-7-29(22)30-8-4-6-27(23(30)2)21-48-34-14-11-25(16-32(34)39)19-40-35(42)18-37(45)46/h3-8,10-11,13-16H,9,12,17-21H2,1-2H3,(H,40,42)(H,43,44)(H,45,46). The topological polar surface area (TPSA) is 139 Å². The van der Waals surface area contributed by atoms with Crippen LogP contribution in [0.4, 0.5) is 0 Å². The molecule has 4 rings (SSSR count). The van der Waals surface area contributed by atoms with Gasteiger partial charge in [0.25, 0.3) is 0 Å². The summed E-state index contributed by atoms with van der Waals surface area (Å²) in [6.07, 6.45) is -0.409. The van der Waals surface area contributed by atoms with Gasteiger partial charge in [-0.25, -0.2) is 0 Å². The van der Waals surface area contributed by atoms with Crippen molar-refractivity contribution < 1.29 is 38.9 Å². The quantitative estimate of drug-likeness (QED) is 0.0983. The molecule has 0 aliphatic heterocycles. The van der Waals surface area contributed by atoms with Crippen LogP contribution in [-0.2, 0) is 45.4 Å². The third kappa shape index (κ3) is 10.3. The van der Waals surface area contributed by atoms with Crippen LogP contribution in [0.1, 0.15) is 52.6 Å². The Hall–Kier alpha value is -4.48. The molecular weight excluding hydrogens is 746 g/mol. The van der Waals surface area contributed by atoms with Crippen LogP contribution in [0.25, 0.3) is 11.1 Å². The molecule has 0 radical (unpaired) electrons. The lowest BCUT2D eigenvalue weighted by atomic mass is 9.92. The summed E-state index contributed by atoms with van der Waals surface area (Å²) in [5.74, 6) is -1.84. The van der Waals surface area contributed by atoms with E-state index in [1.807, 2.05) is 60.7 Å². The van der Waals surface area contributed by atoms with Crippen molar-refractivity contribution in [1.82, 2.24) is 5.32 Å². The number of Topliss-reactive ketones (excluding diaryl/α,β-unsaturated/α-hetero) is 1. The molecule has 9 nitrogen and oxygen atoms in total. The number of aryl methyl sites for hydroxylation is 1. The Labute approximate surface area is 295 Å². The monoisotopic (exact) mass is 779 g/mol. The summed E-state index contributed by atoms with van der Waals surface area (Å²) in [5.41, 5.74) is 8.14. The molecule has 0 aliphatic rings. The van der Waals surface area contributed by atoms with Crippen molar-refractivity contribution >= 4 is 55.5 Å². The van der Waals surface area contributed by atoms with E-state index in [0.29, 0.717) is 31.1 Å². The van der Waals surface area contributed by atoms with Gasteiger partial charge in [-0.2, -0.15) is 0 Å². The van der Waals surface area contributed by atoms with Gasteiger partial charge in [-0.3, -0.25) is 19.2 Å². The summed E-state index contributed by atoms with van der Waals surface area (Å²) >= 11 is 7.10. The molecule has 0 heterocycles. The number of ketones is 1. The predicted octanol–water partition coefficient (Wildman–Crippen LogP) is 7.72. The Balaban J connectivity index is 1.40. The fourth-order valence-electron chi connectivity index (χ4n) is 5.10. The number of rotatable bonds is 16. The zero-order valence-electron chi connectivity index (χ0n) is 26.5. The molecule has 0 fully saturated rings. The van der Waals surface area contributed by atoms with Gasteiger partial charge >= 0.3 is 11.9 Å². The summed E-state index contributed by atoms with van der Waals surface area (Å²) in [4.78, 5) is 44.9. The Morgan fingerprint density at radius 2 is 1.19 bits per heavy atom. The van der Waals surface area contributed by atoms with E-state index in [0.717, 1.165) is 53.5 Å². The van der Waals surface area contributed by atoms with Crippen LogP contribution in [0.5, 0.6) is 11.5 Å². The van der Waals surface area contributed by atoms with Crippen molar-refractivity contribution in [2.45, 2.75) is 59.3 Å². The van der Waals surface area contributed by atoms with E-state index >= 15 is 0 Å². The van der Waals surface area contributed by atoms with E-state index in [2.05, 4.69) is 63.2 Å². The largest absolute Gasteiger partial charge is 0.488 e. The van der Waals surface area contributed by atoms with Crippen LogP contribution in [0.3, 0.4) is 0 Å². The highest BCUT2D eigenvalue weighted by Gasteiger charge is 2.14. The van der Waals surface area contributed by atoms with E-state index in [9.17, 15) is 19.2 Å². The van der Waals surface area contributed by atoms with E-state index in [1.165, 1.54) is 0 Å². The second-order valence-electron chi connectivity index (χ2n) is 11.2. The first-order valence-electron chi connectivity index (χ1n) is 15.1. The SMILES string of the molecule is Cc1c(COc2ccc(CCC(=O)CC(=O)O)cc2Br)cccc1-c1cccc(COc2ccc(CNC(=O)CC(=O)O)cc2Br)c1C. The number of amides is 1. The minimum atomic E-state index is -1.17. The van der Waals surface area contributed by atoms with Crippen LogP contribution in [0.15, 0.2) is 81.7 Å². The molecule has 0 saturated heterocycles. The molecule has 0 aromatic heterocycles. The predicted molar refractivity (Wildman–Crippen MR) is 188 cm³/mol. The van der Waals surface area contributed by atoms with Gasteiger partial charge < -0.3 is 25.0 Å². The highest BCUT2D eigenvalue weighted by molar-refractivity contribution is 9.10. The van der Waals surface area contributed by atoms with Crippen LogP contribution in [0, 0.1) is 13.8 Å². The molecule has 0 aliphatic carbocycles. The summed E-state index contributed by atoms with van der Waals surface area (Å²) in [5, 5.41) is 20.1. The van der Waals surface area contributed by atoms with Gasteiger partial charge in [-0.05, 0) is 121 Å². The molecule has 0 spiro atoms. The van der Waals surface area contributed by atoms with Crippen LogP contribution in [0.2, 0.25) is 0 Å². The van der Waals surface area contributed by atoms with Crippen LogP contribution in [-0.4, -0.2) is 33.8 Å². The average molecular weight is 781 g/mol. The molecule has 250 valence electrons. The molecule has 1 amide bonds. The number of nitrogens with one attached hydrogen (secondary N) is 1. The zero-order chi connectivity index (χ0) is 34.8. The van der Waals surface area contributed by atoms with E-state index in [-0.39, 0.29) is 18.7 Å². The Bertz CT molecular complexity index is 1710. The molecule has 0 unspecified atom stereocenters. The smallest absolute Gasteiger partial charge is 0.312 e. The molecular formula is C37H35Br2NO8. The van der Waals surface area contributed by atoms with Crippen molar-refractivity contribution in [2.75, 3.05) is 0 Å². The van der Waals surface area contributed by atoms with Crippen molar-refractivity contribution in [2.24, 2.45) is 0 Å². The number of carbonyl (C=O) groups is 4. The summed E-state index contributed by atoms with van der Waals surface area (Å²) in [6.45, 7) is 5.05. The lowest BCUT2D eigenvalue weighted by Crippen LogP contribution is -2.25. The lowest BCUT2D eigenvalue weighted by molar-refractivity contribution is -0.142. The minimum Gasteiger partial charge on any atom is -0.488 e. The molecule has 0 bridgehead atoms. The van der Waals surface area contributed by atoms with Crippen LogP contribution < -0.4 is 14.8 Å². The maximum atomic E-state index is 11.8. The lowest BCUT2D eigenvalue weighted by Gasteiger charge is -2.17. The van der Waals surface area contributed by atoms with Gasteiger partial charge in [0.15, 0.2) is 0 Å². The average Bonchev–Trinajstić information content (AvgIpc) is 3.02. The maximum absolute atomic E-state index is 11.8. The third-order valence-corrected chi connectivity index (χ3v) is 9.02. The number of aliphatic carboxylic acids is 2. The highest BCUT2D eigenvalue weighted by Crippen LogP contribution is 2.33. The summed E-state index contributed by atoms with van der Waals surface area (Å²) in [6, 6.07) is 23.4. The third-order valence-electron chi connectivity index (χ3n) is 7.78. The second kappa shape index (κ2) is 17.1. The Kier molecular flexibility index (Phi) is 12.9. The van der Waals surface area contributed by atoms with E-state index in [4.69, 9.17) is 19.7 Å². The number of ether oxygens (including phenoxy) is 2. The summed E-state index contributed by atoms with van der Waals surface area (Å²) in [7, 11) is 0. The molecule has 4 aromatic rings. The number of benzene rings is 4. The second-order valence-corrected chi connectivity index (χ2v) is 13.0. The molecule has 3 N–H and O–H groups in total. The van der Waals surface area contributed by atoms with Crippen molar-refractivity contribution in [1.29, 1.82) is 0 Å². The van der Waals surface area contributed by atoms with Gasteiger partial charge in [-0.1, -0.05) is 48.5 Å². The summed E-state index contributed by atoms with van der Waals surface area (Å²) < 4.78 is 13.8. The Morgan fingerprint density at radius 3 is 1.69 bits per heavy atom. The van der Waals surface area contributed by atoms with Crippen LogP contribution >= 0.6 is 31.9 Å². The first-order valence-corrected chi connectivity index (χ1v) is 16.7. The number of hydrogen-bond donors (Lipinski definition) is 3. The number of halogens is 2. The first kappa shape index (κ1) is 36.4. The first-order chi connectivity index (χ1) is 22.9. The molecule has 4 aromatic carbocycles. The van der Waals surface area contributed by atoms with Crippen molar-refractivity contribution in [3.63, 3.8) is 0 Å². The Morgan fingerprint density at radius 1 is 0.688 bits per heavy atom. The van der Waals surface area contributed by atoms with Gasteiger partial charge in [0, 0.05) is 13.0 Å². The zero-order valence-corrected chi connectivity index (χ0v) is 29.6. The van der Waals surface area contributed by atoms with Crippen molar-refractivity contribution in [3.8, 4) is 22.6 Å². The number of carbonyl (C=O) groups excluding carboxylic acids is 2. The molecule has 48 heavy (non-hydrogen) atoms. The molecule has 11 heteroatoms. The number of carboxylic acids is 2. The fourth-order valence-corrected chi connectivity index (χ4v) is 6.19. The van der Waals surface area contributed by atoms with Gasteiger partial charge in [0.1, 0.15) is 43.3 Å². The fraction of sp³-hybridized carbons (Fsp3) is 0.243. The van der Waals surface area contributed by atoms with E-state index in [1.54, 1.807) is 0 Å². The van der Waals surface area contributed by atoms with Gasteiger partial charge in [0.2, 0.25) is 5.91 Å².